The van der Waals surface area contributed by atoms with Gasteiger partial charge in [0.05, 0.1) is 36.8 Å². The van der Waals surface area contributed by atoms with Gasteiger partial charge in [-0.15, -0.1) is 0 Å². The fourth-order valence-electron chi connectivity index (χ4n) is 6.59. The Morgan fingerprint density at radius 1 is 0.976 bits per heavy atom. The lowest BCUT2D eigenvalue weighted by Gasteiger charge is -2.31. The van der Waals surface area contributed by atoms with Crippen molar-refractivity contribution in [3.8, 4) is 5.75 Å². The zero-order chi connectivity index (χ0) is 28.5. The van der Waals surface area contributed by atoms with E-state index in [0.717, 1.165) is 46.5 Å². The lowest BCUT2D eigenvalue weighted by Crippen LogP contribution is -2.35. The fourth-order valence-corrected chi connectivity index (χ4v) is 6.59. The maximum Gasteiger partial charge on any atom is 0.238 e. The molecule has 0 spiro atoms. The molecule has 7 nitrogen and oxygen atoms in total. The summed E-state index contributed by atoms with van der Waals surface area (Å²) in [4.78, 5) is 28.7. The number of hydrogen-bond acceptors (Lipinski definition) is 6. The van der Waals surface area contributed by atoms with Gasteiger partial charge in [0.15, 0.2) is 0 Å². The molecule has 3 aromatic rings. The normalized spacial score (nSPS) is 24.0. The van der Waals surface area contributed by atoms with Gasteiger partial charge in [0, 0.05) is 17.3 Å². The van der Waals surface area contributed by atoms with Crippen molar-refractivity contribution in [3.63, 3.8) is 0 Å². The highest BCUT2D eigenvalue weighted by atomic mass is 16.5. The fraction of sp³-hybridized carbons (Fsp3) is 0.294. The third-order valence-electron chi connectivity index (χ3n) is 8.47. The van der Waals surface area contributed by atoms with E-state index >= 15 is 0 Å². The number of nitrogens with one attached hydrogen (secondary N) is 1. The minimum Gasteiger partial charge on any atom is -0.508 e. The maximum absolute atomic E-state index is 13.8. The maximum atomic E-state index is 13.8. The van der Waals surface area contributed by atoms with Crippen molar-refractivity contribution >= 4 is 35.0 Å². The van der Waals surface area contributed by atoms with Crippen LogP contribution in [0.25, 0.3) is 6.08 Å². The summed E-state index contributed by atoms with van der Waals surface area (Å²) in [5, 5.41) is 23.4. The number of aliphatic hydroxyl groups is 1. The van der Waals surface area contributed by atoms with Gasteiger partial charge >= 0.3 is 0 Å². The molecule has 4 atom stereocenters. The van der Waals surface area contributed by atoms with Gasteiger partial charge in [0.1, 0.15) is 5.75 Å². The number of hydrogen-bond donors (Lipinski definition) is 3. The first-order chi connectivity index (χ1) is 19.9. The Morgan fingerprint density at radius 2 is 1.73 bits per heavy atom. The minimum absolute atomic E-state index is 0.144. The summed E-state index contributed by atoms with van der Waals surface area (Å²) in [6, 6.07) is 24.3. The highest BCUT2D eigenvalue weighted by Crippen LogP contribution is 2.50. The number of imide groups is 1. The van der Waals surface area contributed by atoms with Gasteiger partial charge < -0.3 is 20.3 Å². The molecule has 0 unspecified atom stereocenters. The van der Waals surface area contributed by atoms with E-state index in [4.69, 9.17) is 4.74 Å². The molecular weight excluding hydrogens is 516 g/mol. The number of benzene rings is 3. The Labute approximate surface area is 239 Å². The van der Waals surface area contributed by atoms with Crippen molar-refractivity contribution in [2.45, 2.75) is 32.3 Å². The van der Waals surface area contributed by atoms with Gasteiger partial charge in [0.25, 0.3) is 0 Å². The van der Waals surface area contributed by atoms with Crippen LogP contribution in [0.1, 0.15) is 31.7 Å². The van der Waals surface area contributed by atoms with Crippen LogP contribution >= 0.6 is 0 Å². The number of rotatable bonds is 8. The average Bonchev–Trinajstić information content (AvgIpc) is 3.51. The predicted molar refractivity (Wildman–Crippen MR) is 159 cm³/mol. The number of nitrogens with zero attached hydrogens (tertiary/aromatic N) is 1. The quantitative estimate of drug-likeness (QED) is 0.241. The summed E-state index contributed by atoms with van der Waals surface area (Å²) < 4.78 is 6.23. The molecule has 2 heterocycles. The molecule has 7 heteroatoms. The van der Waals surface area contributed by atoms with E-state index in [2.05, 4.69) is 5.32 Å². The smallest absolute Gasteiger partial charge is 0.238 e. The Bertz CT molecular complexity index is 1510. The molecule has 6 rings (SSSR count). The van der Waals surface area contributed by atoms with Crippen molar-refractivity contribution in [1.82, 2.24) is 0 Å². The number of phenolic OH excluding ortho intramolecular Hbond substituents is 1. The first-order valence-electron chi connectivity index (χ1n) is 14.1. The van der Waals surface area contributed by atoms with Gasteiger partial charge in [-0.1, -0.05) is 42.0 Å². The molecule has 210 valence electrons. The molecule has 1 aliphatic carbocycles. The Hall–Kier alpha value is -4.20. The molecular formula is C34H34N2O5. The molecule has 3 aromatic carbocycles. The number of allylic oxidation sites excluding steroid dienone is 1. The molecule has 2 amide bonds. The second-order valence-electron chi connectivity index (χ2n) is 11.2. The van der Waals surface area contributed by atoms with Crippen LogP contribution in [0.15, 0.2) is 95.6 Å². The van der Waals surface area contributed by atoms with Crippen LogP contribution in [0.5, 0.6) is 5.75 Å². The average molecular weight is 551 g/mol. The monoisotopic (exact) mass is 550 g/mol. The highest BCUT2D eigenvalue weighted by molar-refractivity contribution is 6.22. The predicted octanol–water partition coefficient (Wildman–Crippen LogP) is 5.83. The van der Waals surface area contributed by atoms with Crippen molar-refractivity contribution < 1.29 is 24.5 Å². The Kier molecular flexibility index (Phi) is 7.47. The summed E-state index contributed by atoms with van der Waals surface area (Å²) in [6.45, 7) is 2.27. The van der Waals surface area contributed by atoms with Gasteiger partial charge in [-0.3, -0.25) is 14.5 Å². The van der Waals surface area contributed by atoms with Gasteiger partial charge in [0.2, 0.25) is 11.8 Å². The standard InChI is InChI=1S/C34H34N2O5/c1-21(16-22-6-5-9-27(38)17-22)10-15-30-31-23(19-37)18-28-32(29(31)20-41-30)34(40)36(33(28)39)26-13-11-25(12-14-26)35-24-7-3-2-4-8-24/h2-9,11-14,16-17,28-30,32,35,37-38H,10,15,18-20H2,1H3/b21-16+/t28-,29+,30-,32-/m1/s1. The van der Waals surface area contributed by atoms with E-state index in [-0.39, 0.29) is 36.2 Å². The molecule has 2 saturated heterocycles. The van der Waals surface area contributed by atoms with E-state index in [1.807, 2.05) is 67.6 Å². The van der Waals surface area contributed by atoms with Crippen LogP contribution in [0.2, 0.25) is 0 Å². The van der Waals surface area contributed by atoms with Crippen molar-refractivity contribution in [3.05, 3.63) is 101 Å². The van der Waals surface area contributed by atoms with Gasteiger partial charge in [-0.05, 0) is 91.4 Å². The number of phenols is 1. The van der Waals surface area contributed by atoms with Crippen LogP contribution in [0.3, 0.4) is 0 Å². The van der Waals surface area contributed by atoms with Gasteiger partial charge in [-0.2, -0.15) is 0 Å². The number of carbonyl (C=O) groups is 2. The van der Waals surface area contributed by atoms with E-state index in [1.54, 1.807) is 24.3 Å². The summed E-state index contributed by atoms with van der Waals surface area (Å²) in [5.41, 5.74) is 6.29. The number of carbonyl (C=O) groups excluding carboxylic acids is 2. The van der Waals surface area contributed by atoms with E-state index in [0.29, 0.717) is 18.7 Å². The molecule has 0 bridgehead atoms. The molecule has 2 fully saturated rings. The lowest BCUT2D eigenvalue weighted by molar-refractivity contribution is -0.122. The van der Waals surface area contributed by atoms with Crippen molar-refractivity contribution in [2.24, 2.45) is 17.8 Å². The van der Waals surface area contributed by atoms with E-state index < -0.39 is 11.8 Å². The van der Waals surface area contributed by atoms with Crippen LogP contribution in [0.4, 0.5) is 17.1 Å². The lowest BCUT2D eigenvalue weighted by atomic mass is 9.69. The second kappa shape index (κ2) is 11.4. The Balaban J connectivity index is 1.17. The van der Waals surface area contributed by atoms with Crippen molar-refractivity contribution in [2.75, 3.05) is 23.4 Å². The number of aliphatic hydroxyl groups excluding tert-OH is 1. The number of fused-ring (bicyclic) bond motifs is 3. The third-order valence-corrected chi connectivity index (χ3v) is 8.47. The highest BCUT2D eigenvalue weighted by Gasteiger charge is 2.57. The number of ether oxygens (including phenoxy) is 1. The first kappa shape index (κ1) is 27.0. The third kappa shape index (κ3) is 5.31. The summed E-state index contributed by atoms with van der Waals surface area (Å²) in [7, 11) is 0. The Morgan fingerprint density at radius 3 is 2.46 bits per heavy atom. The first-order valence-corrected chi connectivity index (χ1v) is 14.1. The number of anilines is 3. The molecule has 0 aromatic heterocycles. The molecule has 0 radical (unpaired) electrons. The van der Waals surface area contributed by atoms with Crippen LogP contribution in [-0.4, -0.2) is 41.3 Å². The van der Waals surface area contributed by atoms with E-state index in [1.165, 1.54) is 4.90 Å². The van der Waals surface area contributed by atoms with Crippen molar-refractivity contribution in [1.29, 1.82) is 0 Å². The largest absolute Gasteiger partial charge is 0.508 e. The number of aromatic hydroxyl groups is 1. The van der Waals surface area contributed by atoms with Gasteiger partial charge in [-0.25, -0.2) is 0 Å². The molecule has 3 aliphatic rings. The number of para-hydroxylation sites is 1. The molecule has 0 saturated carbocycles. The molecule has 41 heavy (non-hydrogen) atoms. The van der Waals surface area contributed by atoms with Crippen LogP contribution in [0, 0.1) is 17.8 Å². The molecule has 3 N–H and O–H groups in total. The second-order valence-corrected chi connectivity index (χ2v) is 11.2. The summed E-state index contributed by atoms with van der Waals surface area (Å²) in [6.07, 6.45) is 3.71. The van der Waals surface area contributed by atoms with Crippen LogP contribution < -0.4 is 10.2 Å². The zero-order valence-electron chi connectivity index (χ0n) is 23.0. The summed E-state index contributed by atoms with van der Waals surface area (Å²) >= 11 is 0. The zero-order valence-corrected chi connectivity index (χ0v) is 23.0. The number of amides is 2. The molecule has 2 aliphatic heterocycles. The van der Waals surface area contributed by atoms with E-state index in [9.17, 15) is 19.8 Å². The van der Waals surface area contributed by atoms with Crippen LogP contribution in [-0.2, 0) is 14.3 Å². The summed E-state index contributed by atoms with van der Waals surface area (Å²) in [5.74, 6) is -1.35. The topological polar surface area (TPSA) is 99.1 Å². The SMILES string of the molecule is C/C(=C\c1cccc(O)c1)CC[C@H]1OC[C@H]2C1=C(CO)C[C@H]1C(=O)N(c3ccc(Nc4ccccc4)cc3)C(=O)[C@H]12. The minimum atomic E-state index is -0.490.